The summed E-state index contributed by atoms with van der Waals surface area (Å²) in [4.78, 5) is 16.4. The molecule has 0 radical (unpaired) electrons. The minimum Gasteiger partial charge on any atom is -0.342 e. The molecule has 2 heterocycles. The molecule has 3 nitrogen and oxygen atoms in total. The summed E-state index contributed by atoms with van der Waals surface area (Å²) in [5, 5.41) is 0. The quantitative estimate of drug-likeness (QED) is 0.843. The number of alkyl halides is 2. The average molecular weight is 340 g/mol. The summed E-state index contributed by atoms with van der Waals surface area (Å²) in [6.07, 6.45) is 1.22. The molecular formula is C18H23F3N2O. The summed E-state index contributed by atoms with van der Waals surface area (Å²) >= 11 is 0. The van der Waals surface area contributed by atoms with E-state index in [0.29, 0.717) is 13.1 Å². The van der Waals surface area contributed by atoms with Gasteiger partial charge in [0.05, 0.1) is 5.92 Å². The molecule has 0 aromatic heterocycles. The summed E-state index contributed by atoms with van der Waals surface area (Å²) in [6.45, 7) is 2.39. The molecule has 0 spiro atoms. The molecule has 132 valence electrons. The van der Waals surface area contributed by atoms with E-state index >= 15 is 0 Å². The molecule has 2 saturated heterocycles. The summed E-state index contributed by atoms with van der Waals surface area (Å²) in [5.41, 5.74) is 0.890. The first kappa shape index (κ1) is 17.3. The van der Waals surface area contributed by atoms with Crippen molar-refractivity contribution in [3.8, 4) is 0 Å². The van der Waals surface area contributed by atoms with Crippen LogP contribution in [-0.2, 0) is 11.3 Å². The van der Waals surface area contributed by atoms with Gasteiger partial charge in [-0.25, -0.2) is 13.2 Å². The van der Waals surface area contributed by atoms with Crippen molar-refractivity contribution in [2.24, 2.45) is 5.92 Å². The molecule has 1 atom stereocenters. The zero-order chi connectivity index (χ0) is 17.2. The number of piperidine rings is 2. The Balaban J connectivity index is 1.56. The van der Waals surface area contributed by atoms with Crippen LogP contribution >= 0.6 is 0 Å². The van der Waals surface area contributed by atoms with E-state index in [1.807, 2.05) is 6.07 Å². The third-order valence-electron chi connectivity index (χ3n) is 4.96. The van der Waals surface area contributed by atoms with Crippen LogP contribution in [0.15, 0.2) is 24.3 Å². The third kappa shape index (κ3) is 4.29. The number of carbonyl (C=O) groups excluding carboxylic acids is 1. The predicted molar refractivity (Wildman–Crippen MR) is 85.2 cm³/mol. The van der Waals surface area contributed by atoms with Crippen molar-refractivity contribution in [2.45, 2.75) is 38.2 Å². The fourth-order valence-corrected chi connectivity index (χ4v) is 3.61. The van der Waals surface area contributed by atoms with E-state index in [2.05, 4.69) is 4.90 Å². The zero-order valence-electron chi connectivity index (χ0n) is 13.7. The topological polar surface area (TPSA) is 23.6 Å². The summed E-state index contributed by atoms with van der Waals surface area (Å²) in [6, 6.07) is 6.49. The van der Waals surface area contributed by atoms with Crippen LogP contribution in [0.3, 0.4) is 0 Å². The average Bonchev–Trinajstić information content (AvgIpc) is 2.54. The van der Waals surface area contributed by atoms with Crippen LogP contribution in [0, 0.1) is 11.7 Å². The Hall–Kier alpha value is -1.56. The summed E-state index contributed by atoms with van der Waals surface area (Å²) in [5.74, 6) is -3.04. The van der Waals surface area contributed by atoms with Gasteiger partial charge in [-0.1, -0.05) is 12.1 Å². The second-order valence-corrected chi connectivity index (χ2v) is 6.89. The number of hydrogen-bond donors (Lipinski definition) is 0. The molecule has 2 fully saturated rings. The molecule has 0 bridgehead atoms. The van der Waals surface area contributed by atoms with E-state index < -0.39 is 5.92 Å². The normalized spacial score (nSPS) is 24.8. The van der Waals surface area contributed by atoms with Crippen molar-refractivity contribution in [3.05, 3.63) is 35.6 Å². The first-order valence-electron chi connectivity index (χ1n) is 8.56. The molecule has 1 unspecified atom stereocenters. The fourth-order valence-electron chi connectivity index (χ4n) is 3.61. The number of nitrogens with zero attached hydrogens (tertiary/aromatic N) is 2. The lowest BCUT2D eigenvalue weighted by Crippen LogP contribution is -2.48. The maximum Gasteiger partial charge on any atom is 0.251 e. The maximum atomic E-state index is 13.3. The molecule has 3 rings (SSSR count). The number of hydrogen-bond acceptors (Lipinski definition) is 2. The molecule has 6 heteroatoms. The Labute approximate surface area is 140 Å². The van der Waals surface area contributed by atoms with Gasteiger partial charge in [-0.3, -0.25) is 9.69 Å². The number of halogens is 3. The van der Waals surface area contributed by atoms with Gasteiger partial charge >= 0.3 is 0 Å². The molecule has 1 aromatic rings. The van der Waals surface area contributed by atoms with E-state index in [-0.39, 0.29) is 43.6 Å². The van der Waals surface area contributed by atoms with E-state index in [9.17, 15) is 18.0 Å². The molecule has 0 aliphatic carbocycles. The van der Waals surface area contributed by atoms with Crippen LogP contribution in [-0.4, -0.2) is 47.8 Å². The minimum absolute atomic E-state index is 0.00515. The highest BCUT2D eigenvalue weighted by atomic mass is 19.3. The lowest BCUT2D eigenvalue weighted by molar-refractivity contribution is -0.143. The van der Waals surface area contributed by atoms with E-state index in [4.69, 9.17) is 0 Å². The van der Waals surface area contributed by atoms with Gasteiger partial charge in [0, 0.05) is 39.0 Å². The van der Waals surface area contributed by atoms with Gasteiger partial charge in [-0.2, -0.15) is 0 Å². The molecule has 0 N–H and O–H groups in total. The summed E-state index contributed by atoms with van der Waals surface area (Å²) < 4.78 is 39.8. The number of benzene rings is 1. The number of likely N-dealkylation sites (tertiary alicyclic amines) is 2. The van der Waals surface area contributed by atoms with Crippen molar-refractivity contribution in [3.63, 3.8) is 0 Å². The van der Waals surface area contributed by atoms with Crippen LogP contribution in [0.1, 0.15) is 31.2 Å². The zero-order valence-corrected chi connectivity index (χ0v) is 13.7. The van der Waals surface area contributed by atoms with Gasteiger partial charge in [0.1, 0.15) is 5.82 Å². The van der Waals surface area contributed by atoms with E-state index in [1.165, 1.54) is 12.1 Å². The van der Waals surface area contributed by atoms with Gasteiger partial charge in [0.2, 0.25) is 5.91 Å². The first-order chi connectivity index (χ1) is 11.4. The Kier molecular flexibility index (Phi) is 5.13. The Morgan fingerprint density at radius 2 is 1.96 bits per heavy atom. The molecule has 1 aromatic carbocycles. The van der Waals surface area contributed by atoms with Crippen molar-refractivity contribution < 1.29 is 18.0 Å². The number of carbonyl (C=O) groups is 1. The van der Waals surface area contributed by atoms with Crippen LogP contribution in [0.25, 0.3) is 0 Å². The molecule has 0 saturated carbocycles. The van der Waals surface area contributed by atoms with Gasteiger partial charge < -0.3 is 4.90 Å². The van der Waals surface area contributed by atoms with Crippen LogP contribution < -0.4 is 0 Å². The van der Waals surface area contributed by atoms with Gasteiger partial charge in [0.25, 0.3) is 5.92 Å². The van der Waals surface area contributed by atoms with E-state index in [0.717, 1.165) is 24.9 Å². The van der Waals surface area contributed by atoms with Crippen molar-refractivity contribution in [2.75, 3.05) is 26.2 Å². The SMILES string of the molecule is O=C(C1CCCN(Cc2cccc(F)c2)C1)N1CCC(F)(F)CC1. The number of rotatable bonds is 3. The molecular weight excluding hydrogens is 317 g/mol. The molecule has 24 heavy (non-hydrogen) atoms. The Bertz CT molecular complexity index is 583. The van der Waals surface area contributed by atoms with Crippen LogP contribution in [0.2, 0.25) is 0 Å². The lowest BCUT2D eigenvalue weighted by Gasteiger charge is -2.37. The molecule has 2 aliphatic rings. The van der Waals surface area contributed by atoms with Crippen LogP contribution in [0.5, 0.6) is 0 Å². The smallest absolute Gasteiger partial charge is 0.251 e. The highest BCUT2D eigenvalue weighted by molar-refractivity contribution is 5.79. The highest BCUT2D eigenvalue weighted by Gasteiger charge is 2.38. The summed E-state index contributed by atoms with van der Waals surface area (Å²) in [7, 11) is 0. The predicted octanol–water partition coefficient (Wildman–Crippen LogP) is 3.30. The third-order valence-corrected chi connectivity index (χ3v) is 4.96. The second kappa shape index (κ2) is 7.13. The highest BCUT2D eigenvalue weighted by Crippen LogP contribution is 2.29. The van der Waals surface area contributed by atoms with Gasteiger partial charge in [0.15, 0.2) is 0 Å². The van der Waals surface area contributed by atoms with Gasteiger partial charge in [-0.05, 0) is 37.1 Å². The minimum atomic E-state index is -2.63. The first-order valence-corrected chi connectivity index (χ1v) is 8.56. The Morgan fingerprint density at radius 1 is 1.21 bits per heavy atom. The lowest BCUT2D eigenvalue weighted by atomic mass is 9.94. The van der Waals surface area contributed by atoms with E-state index in [1.54, 1.807) is 11.0 Å². The van der Waals surface area contributed by atoms with Gasteiger partial charge in [-0.15, -0.1) is 0 Å². The van der Waals surface area contributed by atoms with Crippen molar-refractivity contribution >= 4 is 5.91 Å². The van der Waals surface area contributed by atoms with Crippen LogP contribution in [0.4, 0.5) is 13.2 Å². The monoisotopic (exact) mass is 340 g/mol. The van der Waals surface area contributed by atoms with Crippen molar-refractivity contribution in [1.29, 1.82) is 0 Å². The molecule has 2 aliphatic heterocycles. The molecule has 1 amide bonds. The fraction of sp³-hybridized carbons (Fsp3) is 0.611. The van der Waals surface area contributed by atoms with Crippen molar-refractivity contribution in [1.82, 2.24) is 9.80 Å². The maximum absolute atomic E-state index is 13.3. The number of amides is 1. The standard InChI is InChI=1S/C18H23F3N2O/c19-16-5-1-3-14(11-16)12-22-8-2-4-15(13-22)17(24)23-9-6-18(20,21)7-10-23/h1,3,5,11,15H,2,4,6-10,12-13H2. The Morgan fingerprint density at radius 3 is 2.67 bits per heavy atom. The second-order valence-electron chi connectivity index (χ2n) is 6.89. The largest absolute Gasteiger partial charge is 0.342 e.